The predicted octanol–water partition coefficient (Wildman–Crippen LogP) is -3.73. The Labute approximate surface area is 227 Å². The first-order valence-electron chi connectivity index (χ1n) is 12.3. The lowest BCUT2D eigenvalue weighted by atomic mass is 9.91. The van der Waals surface area contributed by atoms with Crippen LogP contribution in [0.2, 0.25) is 0 Å². The number of aliphatic hydroxyl groups excluding tert-OH is 5. The third kappa shape index (κ3) is 7.00. The van der Waals surface area contributed by atoms with E-state index in [1.54, 1.807) is 20.1 Å². The maximum Gasteiger partial charge on any atom is 0.335 e. The van der Waals surface area contributed by atoms with Gasteiger partial charge < -0.3 is 69.9 Å². The molecule has 3 aliphatic rings. The number of thioether (sulfide) groups is 1. The van der Waals surface area contributed by atoms with Crippen molar-refractivity contribution in [1.82, 2.24) is 0 Å². The second kappa shape index (κ2) is 13.6. The molecule has 226 valence electrons. The van der Waals surface area contributed by atoms with E-state index in [0.717, 1.165) is 0 Å². The number of hydrogen-bond acceptors (Lipinski definition) is 15. The van der Waals surface area contributed by atoms with Gasteiger partial charge in [-0.2, -0.15) is 11.8 Å². The number of aliphatic carboxylic acids is 2. The molecule has 15 atom stereocenters. The van der Waals surface area contributed by atoms with Gasteiger partial charge in [-0.15, -0.1) is 0 Å². The van der Waals surface area contributed by atoms with Gasteiger partial charge in [0, 0.05) is 11.7 Å². The zero-order valence-corrected chi connectivity index (χ0v) is 22.3. The van der Waals surface area contributed by atoms with Crippen molar-refractivity contribution in [2.45, 2.75) is 99.8 Å². The van der Waals surface area contributed by atoms with E-state index in [4.69, 9.17) is 34.2 Å². The molecule has 0 radical (unpaired) electrons. The molecule has 3 saturated heterocycles. The second-order valence-corrected chi connectivity index (χ2v) is 10.7. The Bertz CT molecular complexity index is 839. The van der Waals surface area contributed by atoms with Crippen molar-refractivity contribution in [3.05, 3.63) is 0 Å². The lowest BCUT2D eigenvalue weighted by molar-refractivity contribution is -0.366. The number of ether oxygens (including phenoxy) is 6. The summed E-state index contributed by atoms with van der Waals surface area (Å²) in [6.45, 7) is 3.17. The highest BCUT2D eigenvalue weighted by Gasteiger charge is 2.55. The molecule has 3 aliphatic heterocycles. The van der Waals surface area contributed by atoms with Crippen LogP contribution in [-0.2, 0) is 38.0 Å². The Morgan fingerprint density at radius 2 is 1.36 bits per heavy atom. The largest absolute Gasteiger partial charge is 0.479 e. The topological polar surface area (TPSA) is 257 Å². The van der Waals surface area contributed by atoms with Crippen molar-refractivity contribution < 1.29 is 73.8 Å². The molecule has 17 heteroatoms. The molecule has 0 aromatic heterocycles. The van der Waals surface area contributed by atoms with E-state index in [9.17, 15) is 45.3 Å². The van der Waals surface area contributed by atoms with Crippen LogP contribution in [0.25, 0.3) is 0 Å². The number of carboxylic acid groups (broad SMARTS) is 2. The minimum atomic E-state index is -1.99. The molecular weight excluding hydrogens is 550 g/mol. The Hall–Kier alpha value is -1.19. The maximum absolute atomic E-state index is 12.0. The molecule has 0 aliphatic carbocycles. The molecule has 39 heavy (non-hydrogen) atoms. The summed E-state index contributed by atoms with van der Waals surface area (Å²) in [5.74, 6) is -3.49. The van der Waals surface area contributed by atoms with Crippen LogP contribution in [0, 0.1) is 5.92 Å². The van der Waals surface area contributed by atoms with Crippen molar-refractivity contribution in [2.75, 3.05) is 18.6 Å². The van der Waals surface area contributed by atoms with Gasteiger partial charge >= 0.3 is 11.9 Å². The van der Waals surface area contributed by atoms with Crippen molar-refractivity contribution in [3.8, 4) is 0 Å². The molecule has 16 nitrogen and oxygen atoms in total. The molecule has 3 heterocycles. The molecule has 9 N–H and O–H groups in total. The summed E-state index contributed by atoms with van der Waals surface area (Å²) in [5.41, 5.74) is 5.88. The lowest BCUT2D eigenvalue weighted by Gasteiger charge is -2.47. The van der Waals surface area contributed by atoms with E-state index in [0.29, 0.717) is 5.75 Å². The number of aliphatic hydroxyl groups is 5. The number of nitrogens with two attached hydrogens (primary N) is 1. The Morgan fingerprint density at radius 1 is 0.769 bits per heavy atom. The third-order valence-electron chi connectivity index (χ3n) is 6.98. The zero-order chi connectivity index (χ0) is 29.2. The molecule has 0 amide bonds. The van der Waals surface area contributed by atoms with Crippen LogP contribution in [-0.4, -0.2) is 152 Å². The first-order valence-corrected chi connectivity index (χ1v) is 13.7. The van der Waals surface area contributed by atoms with Crippen molar-refractivity contribution in [1.29, 1.82) is 0 Å². The van der Waals surface area contributed by atoms with E-state index < -0.39 is 104 Å². The highest BCUT2D eigenvalue weighted by molar-refractivity contribution is 7.98. The first kappa shape index (κ1) is 32.3. The summed E-state index contributed by atoms with van der Waals surface area (Å²) >= 11 is 1.41. The highest BCUT2D eigenvalue weighted by Crippen LogP contribution is 2.33. The molecule has 0 bridgehead atoms. The van der Waals surface area contributed by atoms with Crippen LogP contribution in [0.1, 0.15) is 13.8 Å². The van der Waals surface area contributed by atoms with Gasteiger partial charge in [0.2, 0.25) is 0 Å². The molecule has 6 unspecified atom stereocenters. The van der Waals surface area contributed by atoms with Gasteiger partial charge in [-0.3, -0.25) is 0 Å². The molecule has 0 aromatic carbocycles. The van der Waals surface area contributed by atoms with Gasteiger partial charge in [0.1, 0.15) is 36.6 Å². The quantitative estimate of drug-likeness (QED) is 0.114. The van der Waals surface area contributed by atoms with Crippen molar-refractivity contribution in [3.63, 3.8) is 0 Å². The first-order chi connectivity index (χ1) is 18.3. The van der Waals surface area contributed by atoms with Gasteiger partial charge in [-0.05, 0) is 13.2 Å². The van der Waals surface area contributed by atoms with Crippen LogP contribution in [0.4, 0.5) is 0 Å². The van der Waals surface area contributed by atoms with E-state index in [1.807, 2.05) is 0 Å². The normalized spacial score (nSPS) is 47.1. The summed E-state index contributed by atoms with van der Waals surface area (Å²) in [6.07, 6.45) is -19.8. The molecule has 3 fully saturated rings. The smallest absolute Gasteiger partial charge is 0.335 e. The molecule has 3 rings (SSSR count). The van der Waals surface area contributed by atoms with Gasteiger partial charge in [-0.25, -0.2) is 9.59 Å². The third-order valence-corrected chi connectivity index (χ3v) is 7.55. The van der Waals surface area contributed by atoms with Gasteiger partial charge in [0.05, 0.1) is 24.9 Å². The van der Waals surface area contributed by atoms with Crippen LogP contribution in [0.15, 0.2) is 0 Å². The van der Waals surface area contributed by atoms with E-state index in [2.05, 4.69) is 0 Å². The molecule has 0 saturated carbocycles. The van der Waals surface area contributed by atoms with E-state index >= 15 is 0 Å². The van der Waals surface area contributed by atoms with Crippen LogP contribution >= 0.6 is 11.8 Å². The number of rotatable bonds is 10. The second-order valence-electron chi connectivity index (χ2n) is 9.69. The summed E-state index contributed by atoms with van der Waals surface area (Å²) in [7, 11) is 0. The monoisotopic (exact) mass is 587 g/mol. The minimum absolute atomic E-state index is 0.0549. The van der Waals surface area contributed by atoms with Gasteiger partial charge in [0.15, 0.2) is 31.1 Å². The molecule has 0 aromatic rings. The van der Waals surface area contributed by atoms with E-state index in [1.165, 1.54) is 11.8 Å². The average molecular weight is 588 g/mol. The predicted molar refractivity (Wildman–Crippen MR) is 128 cm³/mol. The van der Waals surface area contributed by atoms with Crippen molar-refractivity contribution in [2.24, 2.45) is 11.7 Å². The van der Waals surface area contributed by atoms with Crippen molar-refractivity contribution >= 4 is 23.7 Å². The molecular formula is C22H37NO15S. The Morgan fingerprint density at radius 3 is 1.95 bits per heavy atom. The summed E-state index contributed by atoms with van der Waals surface area (Å²) < 4.78 is 32.7. The Kier molecular flexibility index (Phi) is 11.3. The van der Waals surface area contributed by atoms with Crippen LogP contribution < -0.4 is 5.73 Å². The van der Waals surface area contributed by atoms with E-state index in [-0.39, 0.29) is 6.61 Å². The fraction of sp³-hybridized carbons (Fsp3) is 0.909. The minimum Gasteiger partial charge on any atom is -0.479 e. The van der Waals surface area contributed by atoms with Gasteiger partial charge in [-0.1, -0.05) is 6.92 Å². The summed E-state index contributed by atoms with van der Waals surface area (Å²) in [6, 6.07) is -0.744. The highest BCUT2D eigenvalue weighted by atomic mass is 32.2. The molecule has 0 spiro atoms. The maximum atomic E-state index is 12.0. The van der Waals surface area contributed by atoms with Crippen LogP contribution in [0.3, 0.4) is 0 Å². The average Bonchev–Trinajstić information content (AvgIpc) is 2.88. The lowest BCUT2D eigenvalue weighted by Crippen LogP contribution is -2.67. The summed E-state index contributed by atoms with van der Waals surface area (Å²) in [5, 5.41) is 72.4. The standard InChI is InChI=1S/C22H37NO15S/c1-6-9(24)8(23)7(2)34-20(6)36-15-10(25)11(26)22(38-17(15)19(31)32)35-14-12(27)16(18(29)30)37-21(13(14)28)33-4-5-39-3/h6-17,20-22,24-28H,4-5,23H2,1-3H3,(H,29,30)(H,31,32)/t6?,7?,8-,9+,10+,11?,12+,13?,14-,15+,16?,17?,20+,21-,22-/m0/s1. The fourth-order valence-corrected chi connectivity index (χ4v) is 4.83. The SMILES string of the molecule is CSCCO[C@H]1OC(C(=O)O)[C@H](O)[C@H](O[C@H]2OC(C(=O)O)[C@H](O[C@H]3OC(C)[C@H](N)[C@H](O)C3C)[C@H](O)C2O)C1O. The summed E-state index contributed by atoms with van der Waals surface area (Å²) in [4.78, 5) is 23.7. The fourth-order valence-electron chi connectivity index (χ4n) is 4.57. The number of hydrogen-bond donors (Lipinski definition) is 8. The Balaban J connectivity index is 1.78. The zero-order valence-electron chi connectivity index (χ0n) is 21.5. The number of carboxylic acids is 2. The van der Waals surface area contributed by atoms with Gasteiger partial charge in [0.25, 0.3) is 0 Å². The number of carbonyl (C=O) groups is 2. The van der Waals surface area contributed by atoms with Crippen LogP contribution in [0.5, 0.6) is 0 Å².